The zero-order valence-corrected chi connectivity index (χ0v) is 14.7. The minimum Gasteiger partial charge on any atom is -0.300 e. The Labute approximate surface area is 146 Å². The SMILES string of the molecule is Cc1ccc(S(=O)(=O)N2CC[NH+](c3ccc([N+](=O)[O-])cc3)CC2)cc1. The van der Waals surface area contributed by atoms with E-state index in [0.717, 1.165) is 16.2 Å². The minimum atomic E-state index is -3.47. The first-order chi connectivity index (χ1) is 11.9. The van der Waals surface area contributed by atoms with Crippen LogP contribution in [0.3, 0.4) is 0 Å². The quantitative estimate of drug-likeness (QED) is 0.653. The fourth-order valence-corrected chi connectivity index (χ4v) is 4.40. The van der Waals surface area contributed by atoms with E-state index >= 15 is 0 Å². The van der Waals surface area contributed by atoms with Gasteiger partial charge in [-0.3, -0.25) is 10.1 Å². The van der Waals surface area contributed by atoms with Crippen LogP contribution in [-0.2, 0) is 10.0 Å². The van der Waals surface area contributed by atoms with Crippen LogP contribution in [0.1, 0.15) is 5.56 Å². The molecular weight excluding hydrogens is 342 g/mol. The van der Waals surface area contributed by atoms with Crippen LogP contribution in [0, 0.1) is 17.0 Å². The number of aryl methyl sites for hydroxylation is 1. The molecule has 1 saturated heterocycles. The van der Waals surface area contributed by atoms with Crippen LogP contribution >= 0.6 is 0 Å². The molecule has 7 nitrogen and oxygen atoms in total. The number of nitro benzene ring substituents is 1. The third-order valence-electron chi connectivity index (χ3n) is 4.47. The lowest BCUT2D eigenvalue weighted by atomic mass is 10.2. The first-order valence-electron chi connectivity index (χ1n) is 8.04. The molecule has 1 aliphatic rings. The second-order valence-corrected chi connectivity index (χ2v) is 8.06. The van der Waals surface area contributed by atoms with E-state index < -0.39 is 14.9 Å². The summed E-state index contributed by atoms with van der Waals surface area (Å²) in [5, 5.41) is 10.7. The molecule has 1 aliphatic heterocycles. The van der Waals surface area contributed by atoms with E-state index in [1.165, 1.54) is 16.4 Å². The molecule has 0 bridgehead atoms. The van der Waals surface area contributed by atoms with Crippen LogP contribution in [0.15, 0.2) is 53.4 Å². The normalized spacial score (nSPS) is 16.7. The van der Waals surface area contributed by atoms with E-state index in [1.54, 1.807) is 36.4 Å². The summed E-state index contributed by atoms with van der Waals surface area (Å²) in [7, 11) is -3.47. The predicted molar refractivity (Wildman–Crippen MR) is 93.4 cm³/mol. The maximum absolute atomic E-state index is 12.7. The van der Waals surface area contributed by atoms with Gasteiger partial charge in [0.05, 0.1) is 36.0 Å². The number of non-ortho nitro benzene ring substituents is 1. The van der Waals surface area contributed by atoms with Crippen LogP contribution in [0.5, 0.6) is 0 Å². The molecule has 132 valence electrons. The molecule has 25 heavy (non-hydrogen) atoms. The number of rotatable bonds is 4. The third kappa shape index (κ3) is 3.71. The predicted octanol–water partition coefficient (Wildman–Crippen LogP) is 1.12. The maximum atomic E-state index is 12.7. The van der Waals surface area contributed by atoms with Crippen LogP contribution in [0.4, 0.5) is 11.4 Å². The van der Waals surface area contributed by atoms with Gasteiger partial charge in [0, 0.05) is 24.3 Å². The number of sulfonamides is 1. The largest absolute Gasteiger partial charge is 0.300 e. The van der Waals surface area contributed by atoms with Gasteiger partial charge in [0.1, 0.15) is 5.69 Å². The highest BCUT2D eigenvalue weighted by atomic mass is 32.2. The van der Waals surface area contributed by atoms with E-state index in [0.29, 0.717) is 31.1 Å². The number of hydrogen-bond acceptors (Lipinski definition) is 4. The van der Waals surface area contributed by atoms with Gasteiger partial charge in [0.15, 0.2) is 0 Å². The topological polar surface area (TPSA) is 85.0 Å². The molecule has 0 aromatic heterocycles. The van der Waals surface area contributed by atoms with Crippen molar-refractivity contribution in [3.05, 3.63) is 64.2 Å². The Balaban J connectivity index is 1.69. The van der Waals surface area contributed by atoms with Crippen molar-refractivity contribution >= 4 is 21.4 Å². The van der Waals surface area contributed by atoms with Gasteiger partial charge in [-0.05, 0) is 19.1 Å². The molecule has 1 fully saturated rings. The molecule has 0 unspecified atom stereocenters. The number of benzene rings is 2. The Morgan fingerprint density at radius 2 is 1.56 bits per heavy atom. The highest BCUT2D eigenvalue weighted by molar-refractivity contribution is 7.89. The summed E-state index contributed by atoms with van der Waals surface area (Å²) >= 11 is 0. The maximum Gasteiger partial charge on any atom is 0.269 e. The monoisotopic (exact) mass is 362 g/mol. The van der Waals surface area contributed by atoms with Crippen LogP contribution < -0.4 is 4.90 Å². The molecule has 0 atom stereocenters. The Kier molecular flexibility index (Phi) is 4.85. The summed E-state index contributed by atoms with van der Waals surface area (Å²) in [6.07, 6.45) is 0. The Morgan fingerprint density at radius 3 is 2.08 bits per heavy atom. The van der Waals surface area contributed by atoms with Crippen molar-refractivity contribution in [2.75, 3.05) is 26.2 Å². The van der Waals surface area contributed by atoms with Crippen molar-refractivity contribution in [1.29, 1.82) is 0 Å². The van der Waals surface area contributed by atoms with Crippen LogP contribution in [0.2, 0.25) is 0 Å². The third-order valence-corrected chi connectivity index (χ3v) is 6.38. The van der Waals surface area contributed by atoms with Gasteiger partial charge in [-0.15, -0.1) is 0 Å². The Hall–Kier alpha value is -2.29. The molecular formula is C17H20N3O4S+. The molecule has 1 heterocycles. The van der Waals surface area contributed by atoms with E-state index in [1.807, 2.05) is 6.92 Å². The van der Waals surface area contributed by atoms with Crippen molar-refractivity contribution in [2.24, 2.45) is 0 Å². The van der Waals surface area contributed by atoms with E-state index in [-0.39, 0.29) is 5.69 Å². The zero-order valence-electron chi connectivity index (χ0n) is 13.9. The fraction of sp³-hybridized carbons (Fsp3) is 0.294. The van der Waals surface area contributed by atoms with E-state index in [2.05, 4.69) is 0 Å². The first-order valence-corrected chi connectivity index (χ1v) is 9.48. The summed E-state index contributed by atoms with van der Waals surface area (Å²) in [5.74, 6) is 0. The number of nitrogens with one attached hydrogen (secondary N) is 1. The number of quaternary nitrogens is 1. The van der Waals surface area contributed by atoms with Crippen LogP contribution in [-0.4, -0.2) is 43.8 Å². The standard InChI is InChI=1S/C17H19N3O4S/c1-14-2-8-17(9-3-14)25(23,24)19-12-10-18(11-13-19)15-4-6-16(7-5-15)20(21)22/h2-9H,10-13H2,1H3/p+1. The van der Waals surface area contributed by atoms with Gasteiger partial charge < -0.3 is 4.90 Å². The lowest BCUT2D eigenvalue weighted by Gasteiger charge is -2.31. The lowest BCUT2D eigenvalue weighted by Crippen LogP contribution is -3.10. The second-order valence-electron chi connectivity index (χ2n) is 6.12. The van der Waals surface area contributed by atoms with Crippen molar-refractivity contribution < 1.29 is 18.2 Å². The molecule has 3 rings (SSSR count). The zero-order chi connectivity index (χ0) is 18.0. The van der Waals surface area contributed by atoms with Gasteiger partial charge in [0.25, 0.3) is 5.69 Å². The summed E-state index contributed by atoms with van der Waals surface area (Å²) in [5.41, 5.74) is 2.02. The lowest BCUT2D eigenvalue weighted by molar-refractivity contribution is -0.837. The molecule has 0 saturated carbocycles. The number of nitro groups is 1. The molecule has 0 spiro atoms. The average Bonchev–Trinajstić information content (AvgIpc) is 2.62. The minimum absolute atomic E-state index is 0.0590. The Morgan fingerprint density at radius 1 is 1.00 bits per heavy atom. The fourth-order valence-electron chi connectivity index (χ4n) is 2.96. The van der Waals surface area contributed by atoms with E-state index in [4.69, 9.17) is 0 Å². The van der Waals surface area contributed by atoms with Gasteiger partial charge in [0.2, 0.25) is 10.0 Å². The molecule has 0 radical (unpaired) electrons. The van der Waals surface area contributed by atoms with Crippen LogP contribution in [0.25, 0.3) is 0 Å². The number of piperazine rings is 1. The molecule has 2 aromatic carbocycles. The molecule has 0 aliphatic carbocycles. The van der Waals surface area contributed by atoms with Gasteiger partial charge in [-0.2, -0.15) is 4.31 Å². The Bertz CT molecular complexity index is 856. The van der Waals surface area contributed by atoms with Gasteiger partial charge in [-0.25, -0.2) is 8.42 Å². The average molecular weight is 362 g/mol. The highest BCUT2D eigenvalue weighted by Crippen LogP contribution is 2.17. The summed E-state index contributed by atoms with van der Waals surface area (Å²) in [4.78, 5) is 11.7. The molecule has 8 heteroatoms. The number of hydrogen-bond donors (Lipinski definition) is 1. The summed E-state index contributed by atoms with van der Waals surface area (Å²) < 4.78 is 26.9. The smallest absolute Gasteiger partial charge is 0.269 e. The van der Waals surface area contributed by atoms with Gasteiger partial charge in [-0.1, -0.05) is 17.7 Å². The number of nitrogens with zero attached hydrogens (tertiary/aromatic N) is 2. The second kappa shape index (κ2) is 6.91. The summed E-state index contributed by atoms with van der Waals surface area (Å²) in [6.45, 7) is 4.01. The van der Waals surface area contributed by atoms with Crippen molar-refractivity contribution in [2.45, 2.75) is 11.8 Å². The van der Waals surface area contributed by atoms with Gasteiger partial charge >= 0.3 is 0 Å². The first kappa shape index (κ1) is 17.5. The highest BCUT2D eigenvalue weighted by Gasteiger charge is 2.31. The van der Waals surface area contributed by atoms with Crippen molar-refractivity contribution in [3.63, 3.8) is 0 Å². The molecule has 0 amide bonds. The molecule has 2 aromatic rings. The van der Waals surface area contributed by atoms with Crippen molar-refractivity contribution in [3.8, 4) is 0 Å². The molecule has 1 N–H and O–H groups in total. The van der Waals surface area contributed by atoms with E-state index in [9.17, 15) is 18.5 Å². The summed E-state index contributed by atoms with van der Waals surface area (Å²) in [6, 6.07) is 13.3. The van der Waals surface area contributed by atoms with Crippen molar-refractivity contribution in [1.82, 2.24) is 4.31 Å².